The number of imide groups is 1. The highest BCUT2D eigenvalue weighted by Gasteiger charge is 2.51. The van der Waals surface area contributed by atoms with E-state index in [1.165, 1.54) is 38.3 Å². The Hall–Kier alpha value is -2.46. The second kappa shape index (κ2) is 8.82. The first-order valence-electron chi connectivity index (χ1n) is 11.0. The molecule has 0 aromatic heterocycles. The summed E-state index contributed by atoms with van der Waals surface area (Å²) in [5.74, 6) is 0.276. The van der Waals surface area contributed by atoms with Crippen molar-refractivity contribution in [3.63, 3.8) is 0 Å². The van der Waals surface area contributed by atoms with E-state index < -0.39 is 40.6 Å². The van der Waals surface area contributed by atoms with Gasteiger partial charge in [0.1, 0.15) is 6.04 Å². The van der Waals surface area contributed by atoms with Crippen LogP contribution in [-0.2, 0) is 24.3 Å². The fraction of sp³-hybridized carbons (Fsp3) is 0.591. The Morgan fingerprint density at radius 3 is 2.16 bits per heavy atom. The Kier molecular flexibility index (Phi) is 6.26. The summed E-state index contributed by atoms with van der Waals surface area (Å²) >= 11 is 0. The quantitative estimate of drug-likeness (QED) is 0.528. The summed E-state index contributed by atoms with van der Waals surface area (Å²) in [5, 5.41) is 5.23. The van der Waals surface area contributed by atoms with E-state index >= 15 is 0 Å². The van der Waals surface area contributed by atoms with E-state index in [0.29, 0.717) is 17.8 Å². The average molecular weight is 464 g/mol. The number of rotatable bonds is 7. The first-order chi connectivity index (χ1) is 15.1. The minimum absolute atomic E-state index is 0.0127. The van der Waals surface area contributed by atoms with Crippen molar-refractivity contribution in [1.29, 1.82) is 0 Å². The molecule has 0 unspecified atom stereocenters. The fourth-order valence-electron chi connectivity index (χ4n) is 5.91. The largest absolute Gasteiger partial charge is 0.454 e. The number of urea groups is 1. The first-order valence-corrected chi connectivity index (χ1v) is 12.5. The van der Waals surface area contributed by atoms with Crippen LogP contribution in [0.3, 0.4) is 0 Å². The van der Waals surface area contributed by atoms with E-state index in [1.807, 2.05) is 0 Å². The van der Waals surface area contributed by atoms with E-state index in [1.54, 1.807) is 18.2 Å². The number of hydrogen-bond acceptors (Lipinski definition) is 6. The van der Waals surface area contributed by atoms with Gasteiger partial charge in [0.05, 0.1) is 4.90 Å². The Morgan fingerprint density at radius 1 is 1.03 bits per heavy atom. The van der Waals surface area contributed by atoms with Crippen molar-refractivity contribution in [3.8, 4) is 0 Å². The third kappa shape index (κ3) is 5.12. The summed E-state index contributed by atoms with van der Waals surface area (Å²) < 4.78 is 31.7. The molecule has 10 heteroatoms. The smallest absolute Gasteiger partial charge is 0.324 e. The summed E-state index contributed by atoms with van der Waals surface area (Å²) in [6, 6.07) is 5.83. The molecule has 1 atom stereocenters. The number of esters is 1. The molecule has 32 heavy (non-hydrogen) atoms. The van der Waals surface area contributed by atoms with Gasteiger partial charge in [-0.3, -0.25) is 14.9 Å². The molecule has 174 valence electrons. The molecule has 9 nitrogen and oxygen atoms in total. The van der Waals surface area contributed by atoms with Crippen molar-refractivity contribution in [2.45, 2.75) is 61.9 Å². The third-order valence-corrected chi connectivity index (χ3v) is 8.31. The zero-order valence-electron chi connectivity index (χ0n) is 18.0. The van der Waals surface area contributed by atoms with Crippen LogP contribution in [0.5, 0.6) is 0 Å². The first kappa shape index (κ1) is 22.7. The number of hydrogen-bond donors (Lipinski definition) is 3. The molecule has 0 radical (unpaired) electrons. The number of carbonyl (C=O) groups excluding carboxylic acids is 3. The van der Waals surface area contributed by atoms with Gasteiger partial charge in [0, 0.05) is 5.54 Å². The number of amides is 3. The van der Waals surface area contributed by atoms with E-state index in [9.17, 15) is 22.8 Å². The highest BCUT2D eigenvalue weighted by Crippen LogP contribution is 2.55. The Labute approximate surface area is 187 Å². The van der Waals surface area contributed by atoms with Crippen LogP contribution in [0.1, 0.15) is 45.4 Å². The minimum atomic E-state index is -3.90. The van der Waals surface area contributed by atoms with Crippen molar-refractivity contribution < 1.29 is 27.5 Å². The Balaban J connectivity index is 1.22. The Bertz CT molecular complexity index is 959. The molecule has 1 aromatic rings. The van der Waals surface area contributed by atoms with Crippen LogP contribution >= 0.6 is 0 Å². The molecule has 0 aliphatic heterocycles. The van der Waals surface area contributed by atoms with Gasteiger partial charge in [-0.15, -0.1) is 0 Å². The molecule has 5 rings (SSSR count). The van der Waals surface area contributed by atoms with Gasteiger partial charge in [0.25, 0.3) is 5.91 Å². The van der Waals surface area contributed by atoms with Crippen molar-refractivity contribution in [2.75, 3.05) is 6.61 Å². The lowest BCUT2D eigenvalue weighted by Crippen LogP contribution is -2.62. The van der Waals surface area contributed by atoms with Crippen LogP contribution in [0, 0.1) is 17.8 Å². The molecule has 4 fully saturated rings. The van der Waals surface area contributed by atoms with E-state index in [-0.39, 0.29) is 10.4 Å². The van der Waals surface area contributed by atoms with Crippen molar-refractivity contribution in [1.82, 2.24) is 15.4 Å². The maximum absolute atomic E-state index is 12.4. The molecule has 0 heterocycles. The zero-order valence-corrected chi connectivity index (χ0v) is 18.8. The molecule has 3 amide bonds. The minimum Gasteiger partial charge on any atom is -0.454 e. The number of carbonyl (C=O) groups is 3. The SMILES string of the molecule is C[C@H](NS(=O)(=O)c1ccccc1)C(=O)OCC(=O)NC(=O)NC12CC3CC(CC(C3)C1)C2. The fourth-order valence-corrected chi connectivity index (χ4v) is 7.12. The second-order valence-electron chi connectivity index (χ2n) is 9.46. The van der Waals surface area contributed by atoms with Gasteiger partial charge in [0.2, 0.25) is 10.0 Å². The molecule has 4 saturated carbocycles. The van der Waals surface area contributed by atoms with Crippen molar-refractivity contribution in [2.24, 2.45) is 17.8 Å². The van der Waals surface area contributed by atoms with Gasteiger partial charge in [-0.1, -0.05) is 18.2 Å². The molecule has 4 bridgehead atoms. The third-order valence-electron chi connectivity index (χ3n) is 6.75. The standard InChI is InChI=1S/C22H29N3O6S/c1-14(25-32(29,30)18-5-3-2-4-6-18)20(27)31-13-19(26)23-21(28)24-22-10-15-7-16(11-22)9-17(8-15)12-22/h2-6,14-17,25H,7-13H2,1H3,(H2,23,24,26,28)/t14-,15?,16?,17?,22?/m0/s1. The predicted molar refractivity (Wildman–Crippen MR) is 115 cm³/mol. The topological polar surface area (TPSA) is 131 Å². The predicted octanol–water partition coefficient (Wildman–Crippen LogP) is 1.69. The zero-order chi connectivity index (χ0) is 22.9. The molecular weight excluding hydrogens is 434 g/mol. The summed E-state index contributed by atoms with van der Waals surface area (Å²) in [5.41, 5.74) is -0.236. The average Bonchev–Trinajstić information content (AvgIpc) is 2.70. The van der Waals surface area contributed by atoms with Gasteiger partial charge < -0.3 is 10.1 Å². The van der Waals surface area contributed by atoms with Gasteiger partial charge in [-0.2, -0.15) is 4.72 Å². The lowest BCUT2D eigenvalue weighted by atomic mass is 9.53. The van der Waals surface area contributed by atoms with Crippen LogP contribution in [0.2, 0.25) is 0 Å². The summed E-state index contributed by atoms with van der Waals surface area (Å²) in [7, 11) is -3.90. The van der Waals surface area contributed by atoms with Gasteiger partial charge in [0.15, 0.2) is 6.61 Å². The van der Waals surface area contributed by atoms with Crippen LogP contribution in [0.25, 0.3) is 0 Å². The van der Waals surface area contributed by atoms with Crippen molar-refractivity contribution >= 4 is 27.9 Å². The molecular formula is C22H29N3O6S. The van der Waals surface area contributed by atoms with Gasteiger partial charge in [-0.05, 0) is 75.3 Å². The van der Waals surface area contributed by atoms with Crippen LogP contribution < -0.4 is 15.4 Å². The normalized spacial score (nSPS) is 29.2. The maximum Gasteiger partial charge on any atom is 0.324 e. The van der Waals surface area contributed by atoms with Crippen LogP contribution in [0.15, 0.2) is 35.2 Å². The van der Waals surface area contributed by atoms with Crippen LogP contribution in [0.4, 0.5) is 4.79 Å². The number of ether oxygens (including phenoxy) is 1. The molecule has 0 saturated heterocycles. The summed E-state index contributed by atoms with van der Waals surface area (Å²) in [4.78, 5) is 36.6. The monoisotopic (exact) mass is 463 g/mol. The lowest BCUT2D eigenvalue weighted by Gasteiger charge is -2.56. The molecule has 0 spiro atoms. The van der Waals surface area contributed by atoms with E-state index in [0.717, 1.165) is 19.3 Å². The summed E-state index contributed by atoms with van der Waals surface area (Å²) in [6.45, 7) is 0.644. The second-order valence-corrected chi connectivity index (χ2v) is 11.2. The van der Waals surface area contributed by atoms with Crippen LogP contribution in [-0.4, -0.2) is 44.5 Å². The molecule has 1 aromatic carbocycles. The summed E-state index contributed by atoms with van der Waals surface area (Å²) in [6.07, 6.45) is 6.58. The lowest BCUT2D eigenvalue weighted by molar-refractivity contribution is -0.149. The number of benzene rings is 1. The molecule has 4 aliphatic carbocycles. The molecule has 3 N–H and O–H groups in total. The molecule has 4 aliphatic rings. The van der Waals surface area contributed by atoms with Gasteiger partial charge in [-0.25, -0.2) is 13.2 Å². The Morgan fingerprint density at radius 2 is 1.59 bits per heavy atom. The maximum atomic E-state index is 12.4. The highest BCUT2D eigenvalue weighted by atomic mass is 32.2. The number of nitrogens with one attached hydrogen (secondary N) is 3. The van der Waals surface area contributed by atoms with Crippen molar-refractivity contribution in [3.05, 3.63) is 30.3 Å². The highest BCUT2D eigenvalue weighted by molar-refractivity contribution is 7.89. The number of sulfonamides is 1. The van der Waals surface area contributed by atoms with E-state index in [2.05, 4.69) is 15.4 Å². The van der Waals surface area contributed by atoms with E-state index in [4.69, 9.17) is 4.74 Å². The van der Waals surface area contributed by atoms with Gasteiger partial charge >= 0.3 is 12.0 Å².